The molecule has 0 saturated carbocycles. The van der Waals surface area contributed by atoms with Crippen LogP contribution in [0.5, 0.6) is 0 Å². The van der Waals surface area contributed by atoms with Crippen LogP contribution in [0.15, 0.2) is 12.3 Å². The smallest absolute Gasteiger partial charge is 0.131 e. The summed E-state index contributed by atoms with van der Waals surface area (Å²) in [5.74, 6) is 0. The van der Waals surface area contributed by atoms with Crippen molar-refractivity contribution in [1.82, 2.24) is 4.98 Å². The van der Waals surface area contributed by atoms with Gasteiger partial charge in [0.25, 0.3) is 0 Å². The van der Waals surface area contributed by atoms with Gasteiger partial charge in [0.05, 0.1) is 15.4 Å². The van der Waals surface area contributed by atoms with Crippen LogP contribution in [0.1, 0.15) is 13.3 Å². The summed E-state index contributed by atoms with van der Waals surface area (Å²) in [6.07, 6.45) is 2.15. The van der Waals surface area contributed by atoms with E-state index in [0.717, 1.165) is 22.2 Å². The third-order valence-corrected chi connectivity index (χ3v) is 2.77. The maximum absolute atomic E-state index is 9.07. The van der Waals surface area contributed by atoms with E-state index in [1.165, 1.54) is 0 Å². The highest BCUT2D eigenvalue weighted by Crippen LogP contribution is 2.20. The van der Waals surface area contributed by atoms with Crippen molar-refractivity contribution in [1.29, 1.82) is 0 Å². The third-order valence-electron chi connectivity index (χ3n) is 1.70. The number of rotatable bonds is 4. The number of hydrogen-bond donors (Lipinski definition) is 2. The van der Waals surface area contributed by atoms with Gasteiger partial charge in [0.1, 0.15) is 5.15 Å². The predicted molar refractivity (Wildman–Crippen MR) is 66.8 cm³/mol. The first-order chi connectivity index (χ1) is 6.59. The second kappa shape index (κ2) is 5.72. The van der Waals surface area contributed by atoms with Crippen LogP contribution in [0.3, 0.4) is 0 Å². The number of halogens is 2. The minimum Gasteiger partial charge on any atom is -0.393 e. The summed E-state index contributed by atoms with van der Waals surface area (Å²) >= 11 is 7.94. The molecule has 0 fully saturated rings. The Morgan fingerprint density at radius 1 is 1.71 bits per heavy atom. The number of anilines is 1. The molecule has 0 saturated heterocycles. The van der Waals surface area contributed by atoms with E-state index in [1.54, 1.807) is 19.2 Å². The summed E-state index contributed by atoms with van der Waals surface area (Å²) in [5, 5.41) is 12.7. The van der Waals surface area contributed by atoms with E-state index in [2.05, 4.69) is 32.9 Å². The first-order valence-electron chi connectivity index (χ1n) is 4.32. The standard InChI is InChI=1S/C9H12ClIN2O/c1-6(14)2-3-12-8-4-9(10)13-5-7(8)11/h4-6,14H,2-3H2,1H3,(H,12,13)/t6-/m1/s1. The lowest BCUT2D eigenvalue weighted by Crippen LogP contribution is -2.10. The van der Waals surface area contributed by atoms with Crippen LogP contribution in [0.2, 0.25) is 5.15 Å². The van der Waals surface area contributed by atoms with Gasteiger partial charge in [-0.15, -0.1) is 0 Å². The fraction of sp³-hybridized carbons (Fsp3) is 0.444. The van der Waals surface area contributed by atoms with E-state index in [-0.39, 0.29) is 6.10 Å². The highest BCUT2D eigenvalue weighted by Gasteiger charge is 2.01. The molecule has 0 aliphatic carbocycles. The molecule has 0 amide bonds. The maximum Gasteiger partial charge on any atom is 0.131 e. The molecular formula is C9H12ClIN2O. The molecule has 2 N–H and O–H groups in total. The molecule has 3 nitrogen and oxygen atoms in total. The van der Waals surface area contributed by atoms with Crippen molar-refractivity contribution in [3.05, 3.63) is 21.0 Å². The Morgan fingerprint density at radius 3 is 3.07 bits per heavy atom. The zero-order valence-electron chi connectivity index (χ0n) is 7.80. The Kier molecular flexibility index (Phi) is 4.91. The number of aromatic nitrogens is 1. The van der Waals surface area contributed by atoms with Crippen LogP contribution < -0.4 is 5.32 Å². The second-order valence-electron chi connectivity index (χ2n) is 3.05. The van der Waals surface area contributed by atoms with E-state index >= 15 is 0 Å². The van der Waals surface area contributed by atoms with Crippen LogP contribution >= 0.6 is 34.2 Å². The number of nitrogens with zero attached hydrogens (tertiary/aromatic N) is 1. The van der Waals surface area contributed by atoms with Gasteiger partial charge in [0, 0.05) is 12.7 Å². The Balaban J connectivity index is 2.53. The molecule has 1 atom stereocenters. The Labute approximate surface area is 102 Å². The van der Waals surface area contributed by atoms with Crippen molar-refractivity contribution in [2.75, 3.05) is 11.9 Å². The number of hydrogen-bond acceptors (Lipinski definition) is 3. The predicted octanol–water partition coefficient (Wildman–Crippen LogP) is 2.52. The van der Waals surface area contributed by atoms with Crippen molar-refractivity contribution >= 4 is 39.9 Å². The Bertz CT molecular complexity index is 307. The number of aliphatic hydroxyl groups excluding tert-OH is 1. The van der Waals surface area contributed by atoms with E-state index in [9.17, 15) is 0 Å². The highest BCUT2D eigenvalue weighted by atomic mass is 127. The molecule has 0 bridgehead atoms. The van der Waals surface area contributed by atoms with Crippen LogP contribution in [0.4, 0.5) is 5.69 Å². The van der Waals surface area contributed by atoms with Crippen molar-refractivity contribution in [3.8, 4) is 0 Å². The molecule has 0 aromatic carbocycles. The van der Waals surface area contributed by atoms with Gasteiger partial charge in [-0.1, -0.05) is 11.6 Å². The molecule has 5 heteroatoms. The molecule has 0 aliphatic rings. The fourth-order valence-electron chi connectivity index (χ4n) is 0.964. The average Bonchev–Trinajstić information content (AvgIpc) is 2.10. The minimum atomic E-state index is -0.280. The average molecular weight is 327 g/mol. The van der Waals surface area contributed by atoms with Crippen LogP contribution in [0, 0.1) is 3.57 Å². The van der Waals surface area contributed by atoms with Crippen LogP contribution in [-0.2, 0) is 0 Å². The van der Waals surface area contributed by atoms with Crippen molar-refractivity contribution < 1.29 is 5.11 Å². The molecule has 1 aromatic rings. The number of pyridine rings is 1. The molecule has 14 heavy (non-hydrogen) atoms. The van der Waals surface area contributed by atoms with Crippen molar-refractivity contribution in [2.24, 2.45) is 0 Å². The first kappa shape index (κ1) is 12.0. The molecule has 0 spiro atoms. The molecule has 0 aliphatic heterocycles. The second-order valence-corrected chi connectivity index (χ2v) is 4.60. The monoisotopic (exact) mass is 326 g/mol. The Morgan fingerprint density at radius 2 is 2.43 bits per heavy atom. The molecule has 78 valence electrons. The van der Waals surface area contributed by atoms with Gasteiger partial charge in [-0.2, -0.15) is 0 Å². The molecule has 1 aromatic heterocycles. The normalized spacial score (nSPS) is 12.6. The minimum absolute atomic E-state index is 0.280. The molecule has 1 rings (SSSR count). The largest absolute Gasteiger partial charge is 0.393 e. The van der Waals surface area contributed by atoms with E-state index in [4.69, 9.17) is 16.7 Å². The van der Waals surface area contributed by atoms with Gasteiger partial charge in [-0.25, -0.2) is 4.98 Å². The van der Waals surface area contributed by atoms with Gasteiger partial charge in [-0.05, 0) is 42.0 Å². The summed E-state index contributed by atoms with van der Waals surface area (Å²) in [6.45, 7) is 2.50. The summed E-state index contributed by atoms with van der Waals surface area (Å²) in [6, 6.07) is 1.78. The van der Waals surface area contributed by atoms with Gasteiger partial charge >= 0.3 is 0 Å². The van der Waals surface area contributed by atoms with Gasteiger partial charge in [0.2, 0.25) is 0 Å². The molecule has 0 radical (unpaired) electrons. The lowest BCUT2D eigenvalue weighted by atomic mass is 10.3. The highest BCUT2D eigenvalue weighted by molar-refractivity contribution is 14.1. The van der Waals surface area contributed by atoms with Gasteiger partial charge in [-0.3, -0.25) is 0 Å². The summed E-state index contributed by atoms with van der Waals surface area (Å²) in [5.41, 5.74) is 0.964. The van der Waals surface area contributed by atoms with Crippen LogP contribution in [-0.4, -0.2) is 22.7 Å². The van der Waals surface area contributed by atoms with E-state index in [0.29, 0.717) is 5.15 Å². The third kappa shape index (κ3) is 3.98. The van der Waals surface area contributed by atoms with Gasteiger partial charge in [0.15, 0.2) is 0 Å². The zero-order valence-corrected chi connectivity index (χ0v) is 10.7. The lowest BCUT2D eigenvalue weighted by molar-refractivity contribution is 0.189. The number of nitrogens with one attached hydrogen (secondary N) is 1. The van der Waals surface area contributed by atoms with Crippen molar-refractivity contribution in [3.63, 3.8) is 0 Å². The quantitative estimate of drug-likeness (QED) is 0.660. The topological polar surface area (TPSA) is 45.1 Å². The van der Waals surface area contributed by atoms with E-state index in [1.807, 2.05) is 0 Å². The summed E-state index contributed by atoms with van der Waals surface area (Å²) in [7, 11) is 0. The first-order valence-corrected chi connectivity index (χ1v) is 5.78. The molecule has 0 unspecified atom stereocenters. The summed E-state index contributed by atoms with van der Waals surface area (Å²) in [4.78, 5) is 3.95. The molecular weight excluding hydrogens is 314 g/mol. The van der Waals surface area contributed by atoms with E-state index < -0.39 is 0 Å². The van der Waals surface area contributed by atoms with Crippen LogP contribution in [0.25, 0.3) is 0 Å². The zero-order chi connectivity index (χ0) is 10.6. The number of aliphatic hydroxyl groups is 1. The lowest BCUT2D eigenvalue weighted by Gasteiger charge is -2.09. The van der Waals surface area contributed by atoms with Gasteiger partial charge < -0.3 is 10.4 Å². The Hall–Kier alpha value is -0.0700. The summed E-state index contributed by atoms with van der Waals surface area (Å²) < 4.78 is 1.03. The van der Waals surface area contributed by atoms with Crippen molar-refractivity contribution in [2.45, 2.75) is 19.4 Å². The SMILES string of the molecule is C[C@@H](O)CCNc1cc(Cl)ncc1I. The maximum atomic E-state index is 9.07. The molecule has 1 heterocycles. The fourth-order valence-corrected chi connectivity index (χ4v) is 1.61.